The van der Waals surface area contributed by atoms with E-state index in [0.29, 0.717) is 23.5 Å². The van der Waals surface area contributed by atoms with Gasteiger partial charge >= 0.3 is 0 Å². The number of hydrogen-bond acceptors (Lipinski definition) is 1. The number of carbonyl (C=O) groups is 1. The summed E-state index contributed by atoms with van der Waals surface area (Å²) < 4.78 is 0. The summed E-state index contributed by atoms with van der Waals surface area (Å²) in [7, 11) is 0. The Bertz CT molecular complexity index is 768. The third-order valence-corrected chi connectivity index (χ3v) is 11.5. The van der Waals surface area contributed by atoms with Crippen LogP contribution in [0.25, 0.3) is 0 Å². The molecule has 4 aliphatic carbocycles. The molecular formula is C35H58O. The first-order valence-corrected chi connectivity index (χ1v) is 16.2. The maximum atomic E-state index is 13.9. The van der Waals surface area contributed by atoms with Gasteiger partial charge in [0.15, 0.2) is 0 Å². The van der Waals surface area contributed by atoms with E-state index in [1.54, 1.807) is 0 Å². The van der Waals surface area contributed by atoms with Crippen molar-refractivity contribution >= 4 is 5.78 Å². The van der Waals surface area contributed by atoms with Gasteiger partial charge in [0.05, 0.1) is 0 Å². The predicted octanol–water partition coefficient (Wildman–Crippen LogP) is 10.1. The summed E-state index contributed by atoms with van der Waals surface area (Å²) in [5.41, 5.74) is 1.53. The molecule has 0 amide bonds. The van der Waals surface area contributed by atoms with Crippen LogP contribution in [0.4, 0.5) is 0 Å². The molecule has 0 saturated heterocycles. The largest absolute Gasteiger partial charge is 0.299 e. The first kappa shape index (κ1) is 28.2. The highest BCUT2D eigenvalue weighted by Crippen LogP contribution is 2.51. The number of ketones is 1. The van der Waals surface area contributed by atoms with E-state index in [-0.39, 0.29) is 5.92 Å². The monoisotopic (exact) mass is 494 g/mol. The van der Waals surface area contributed by atoms with Gasteiger partial charge in [-0.25, -0.2) is 0 Å². The first-order valence-electron chi connectivity index (χ1n) is 16.2. The molecule has 0 aliphatic heterocycles. The Morgan fingerprint density at radius 1 is 0.972 bits per heavy atom. The van der Waals surface area contributed by atoms with Crippen molar-refractivity contribution in [2.45, 2.75) is 125 Å². The minimum atomic E-state index is 0.258. The Labute approximate surface area is 224 Å². The lowest BCUT2D eigenvalue weighted by atomic mass is 9.63. The molecule has 0 aromatic heterocycles. The van der Waals surface area contributed by atoms with E-state index in [0.717, 1.165) is 67.1 Å². The number of Topliss-reactive ketones (excluding diaryl/α,β-unsaturated/α-hetero) is 1. The normalized spacial score (nSPS) is 39.6. The number of allylic oxidation sites excluding steroid dienone is 4. The topological polar surface area (TPSA) is 17.1 Å². The van der Waals surface area contributed by atoms with Crippen molar-refractivity contribution in [1.29, 1.82) is 0 Å². The summed E-state index contributed by atoms with van der Waals surface area (Å²) in [4.78, 5) is 13.9. The van der Waals surface area contributed by atoms with E-state index in [9.17, 15) is 4.79 Å². The van der Waals surface area contributed by atoms with E-state index in [4.69, 9.17) is 0 Å². The quantitative estimate of drug-likeness (QED) is 0.261. The summed E-state index contributed by atoms with van der Waals surface area (Å²) in [6, 6.07) is 0. The van der Waals surface area contributed by atoms with Gasteiger partial charge in [-0.1, -0.05) is 84.1 Å². The average Bonchev–Trinajstić information content (AvgIpc) is 3.29. The molecule has 1 heteroatoms. The molecule has 4 aliphatic rings. The van der Waals surface area contributed by atoms with Gasteiger partial charge < -0.3 is 0 Å². The molecule has 4 rings (SSSR count). The van der Waals surface area contributed by atoms with Crippen LogP contribution in [0.15, 0.2) is 23.8 Å². The lowest BCUT2D eigenvalue weighted by Crippen LogP contribution is -2.37. The zero-order chi connectivity index (χ0) is 25.8. The fraction of sp³-hybridized carbons (Fsp3) is 0.857. The zero-order valence-corrected chi connectivity index (χ0v) is 24.7. The second kappa shape index (κ2) is 12.8. The van der Waals surface area contributed by atoms with Crippen LogP contribution in [-0.4, -0.2) is 5.78 Å². The number of hydrogen-bond donors (Lipinski definition) is 0. The molecule has 0 heterocycles. The Morgan fingerprint density at radius 3 is 2.39 bits per heavy atom. The van der Waals surface area contributed by atoms with Gasteiger partial charge in [0.25, 0.3) is 0 Å². The molecule has 1 nitrogen and oxygen atoms in total. The van der Waals surface area contributed by atoms with Crippen LogP contribution in [0.1, 0.15) is 125 Å². The average molecular weight is 495 g/mol. The predicted molar refractivity (Wildman–Crippen MR) is 155 cm³/mol. The smallest absolute Gasteiger partial charge is 0.136 e. The Balaban J connectivity index is 1.31. The molecule has 0 aromatic rings. The molecule has 0 bridgehead atoms. The molecule has 36 heavy (non-hydrogen) atoms. The molecular weight excluding hydrogens is 436 g/mol. The first-order chi connectivity index (χ1) is 17.3. The van der Waals surface area contributed by atoms with Crippen molar-refractivity contribution in [3.8, 4) is 0 Å². The van der Waals surface area contributed by atoms with E-state index >= 15 is 0 Å². The molecule has 0 aromatic carbocycles. The Morgan fingerprint density at radius 2 is 1.75 bits per heavy atom. The minimum absolute atomic E-state index is 0.258. The zero-order valence-electron chi connectivity index (χ0n) is 24.7. The van der Waals surface area contributed by atoms with Crippen molar-refractivity contribution in [2.24, 2.45) is 65.1 Å². The van der Waals surface area contributed by atoms with E-state index in [1.807, 2.05) is 0 Å². The van der Waals surface area contributed by atoms with Gasteiger partial charge in [-0.2, -0.15) is 0 Å². The highest BCUT2D eigenvalue weighted by Gasteiger charge is 2.42. The number of carbonyl (C=O) groups excluding carboxylic acids is 1. The molecule has 7 unspecified atom stereocenters. The highest BCUT2D eigenvalue weighted by molar-refractivity contribution is 5.82. The fourth-order valence-electron chi connectivity index (χ4n) is 8.93. The SMILES string of the molecule is CCCC(C)C1CC(C2CC[C@@H](CCC(=O)C3C(CC)CC(C)=CC3C3C=CC(C(C)C)CC3)C2)C1. The van der Waals surface area contributed by atoms with Crippen LogP contribution in [0, 0.1) is 65.1 Å². The molecule has 8 atom stereocenters. The second-order valence-corrected chi connectivity index (χ2v) is 14.2. The lowest BCUT2D eigenvalue weighted by Gasteiger charge is -2.42. The fourth-order valence-corrected chi connectivity index (χ4v) is 8.93. The second-order valence-electron chi connectivity index (χ2n) is 14.2. The van der Waals surface area contributed by atoms with Crippen LogP contribution < -0.4 is 0 Å². The molecule has 0 spiro atoms. The van der Waals surface area contributed by atoms with Crippen LogP contribution in [0.5, 0.6) is 0 Å². The van der Waals surface area contributed by atoms with Gasteiger partial charge in [-0.3, -0.25) is 4.79 Å². The minimum Gasteiger partial charge on any atom is -0.299 e. The number of rotatable bonds is 11. The molecule has 2 fully saturated rings. The van der Waals surface area contributed by atoms with Crippen molar-refractivity contribution in [2.75, 3.05) is 0 Å². The lowest BCUT2D eigenvalue weighted by molar-refractivity contribution is -0.127. The van der Waals surface area contributed by atoms with Crippen LogP contribution in [0.3, 0.4) is 0 Å². The van der Waals surface area contributed by atoms with Gasteiger partial charge in [-0.15, -0.1) is 0 Å². The van der Waals surface area contributed by atoms with Crippen LogP contribution >= 0.6 is 0 Å². The third-order valence-electron chi connectivity index (χ3n) is 11.5. The van der Waals surface area contributed by atoms with Crippen molar-refractivity contribution < 1.29 is 4.79 Å². The molecule has 0 N–H and O–H groups in total. The van der Waals surface area contributed by atoms with Crippen molar-refractivity contribution in [3.63, 3.8) is 0 Å². The van der Waals surface area contributed by atoms with Crippen molar-refractivity contribution in [3.05, 3.63) is 23.8 Å². The van der Waals surface area contributed by atoms with Gasteiger partial charge in [0.2, 0.25) is 0 Å². The van der Waals surface area contributed by atoms with Gasteiger partial charge in [-0.05, 0) is 117 Å². The maximum Gasteiger partial charge on any atom is 0.136 e. The van der Waals surface area contributed by atoms with Crippen LogP contribution in [-0.2, 0) is 4.79 Å². The summed E-state index contributed by atoms with van der Waals surface area (Å²) in [5.74, 6) is 8.60. The van der Waals surface area contributed by atoms with E-state index in [1.165, 1.54) is 63.4 Å². The summed E-state index contributed by atoms with van der Waals surface area (Å²) in [6.45, 7) is 14.2. The summed E-state index contributed by atoms with van der Waals surface area (Å²) in [5, 5.41) is 0. The molecule has 0 radical (unpaired) electrons. The summed E-state index contributed by atoms with van der Waals surface area (Å²) >= 11 is 0. The van der Waals surface area contributed by atoms with E-state index in [2.05, 4.69) is 59.8 Å². The molecule has 2 saturated carbocycles. The van der Waals surface area contributed by atoms with E-state index < -0.39 is 0 Å². The maximum absolute atomic E-state index is 13.9. The van der Waals surface area contributed by atoms with Gasteiger partial charge in [0.1, 0.15) is 5.78 Å². The van der Waals surface area contributed by atoms with Crippen LogP contribution in [0.2, 0.25) is 0 Å². The molecule has 204 valence electrons. The Hall–Kier alpha value is -0.850. The van der Waals surface area contributed by atoms with Crippen molar-refractivity contribution in [1.82, 2.24) is 0 Å². The third kappa shape index (κ3) is 6.58. The summed E-state index contributed by atoms with van der Waals surface area (Å²) in [6.07, 6.45) is 24.4. The Kier molecular flexibility index (Phi) is 10.0. The highest BCUT2D eigenvalue weighted by atomic mass is 16.1. The van der Waals surface area contributed by atoms with Gasteiger partial charge in [0, 0.05) is 12.3 Å². The standard InChI is InChI=1S/C35H58O/c1-7-9-25(6)31-21-32(22-31)30-12-10-26(20-30)11-17-34(36)35-27(8-2)18-24(5)19-33(35)29-15-13-28(14-16-29)23(3)4/h13,15,19,23,25-33,35H,7-12,14,16-18,20-22H2,1-6H3/t25?,26-,27?,28?,29?,30?,31?,32?,33?,35?/m0/s1.